The average Bonchev–Trinajstić information content (AvgIpc) is 3.34. The number of hydrogen-bond donors (Lipinski definition) is 3. The fourth-order valence-electron chi connectivity index (χ4n) is 5.19. The molecule has 3 N–H and O–H groups in total. The monoisotopic (exact) mass is 411 g/mol. The lowest BCUT2D eigenvalue weighted by Gasteiger charge is -2.54. The van der Waals surface area contributed by atoms with Crippen molar-refractivity contribution in [2.75, 3.05) is 13.7 Å². The van der Waals surface area contributed by atoms with Gasteiger partial charge in [-0.25, -0.2) is 0 Å². The first kappa shape index (κ1) is 19.1. The number of nitrogens with one attached hydrogen (secondary N) is 1. The molecule has 0 bridgehead atoms. The first-order chi connectivity index (χ1) is 14.3. The minimum atomic E-state index is -2.35. The molecule has 0 spiro atoms. The number of carbonyl (C=O) groups excluding carboxylic acids is 2. The molecule has 1 aromatic carbocycles. The zero-order valence-corrected chi connectivity index (χ0v) is 17.2. The summed E-state index contributed by atoms with van der Waals surface area (Å²) in [4.78, 5) is 32.8. The van der Waals surface area contributed by atoms with Crippen molar-refractivity contribution in [3.05, 3.63) is 41.1 Å². The molecule has 4 heterocycles. The maximum absolute atomic E-state index is 13.5. The van der Waals surface area contributed by atoms with E-state index >= 15 is 0 Å². The third-order valence-corrected chi connectivity index (χ3v) is 6.51. The summed E-state index contributed by atoms with van der Waals surface area (Å²) >= 11 is 0. The number of benzene rings is 1. The number of H-pyrrole nitrogens is 1. The van der Waals surface area contributed by atoms with Crippen molar-refractivity contribution in [2.45, 2.75) is 50.6 Å². The van der Waals surface area contributed by atoms with Crippen LogP contribution in [0.3, 0.4) is 0 Å². The van der Waals surface area contributed by atoms with E-state index in [4.69, 9.17) is 4.74 Å². The Bertz CT molecular complexity index is 1100. The van der Waals surface area contributed by atoms with Crippen LogP contribution in [-0.2, 0) is 9.59 Å². The smallest absolute Gasteiger partial charge is 0.279 e. The summed E-state index contributed by atoms with van der Waals surface area (Å²) in [5, 5.41) is 23.7. The van der Waals surface area contributed by atoms with Gasteiger partial charge < -0.3 is 24.8 Å². The number of allylic oxidation sites excluding steroid dienone is 1. The van der Waals surface area contributed by atoms with Crippen LogP contribution in [0.4, 0.5) is 0 Å². The van der Waals surface area contributed by atoms with Crippen LogP contribution in [0.25, 0.3) is 10.9 Å². The van der Waals surface area contributed by atoms with Crippen LogP contribution in [0.15, 0.2) is 29.8 Å². The van der Waals surface area contributed by atoms with E-state index in [1.165, 1.54) is 9.80 Å². The molecule has 3 aliphatic heterocycles. The number of carbonyl (C=O) groups is 2. The number of amides is 2. The number of methoxy groups -OCH3 is 1. The van der Waals surface area contributed by atoms with Crippen molar-refractivity contribution in [3.8, 4) is 5.75 Å². The van der Waals surface area contributed by atoms with Gasteiger partial charge in [-0.2, -0.15) is 0 Å². The Hall–Kier alpha value is -2.84. The molecule has 0 radical (unpaired) electrons. The number of piperazine rings is 1. The van der Waals surface area contributed by atoms with E-state index in [1.54, 1.807) is 25.3 Å². The lowest BCUT2D eigenvalue weighted by molar-refractivity contribution is -0.229. The molecule has 2 amide bonds. The van der Waals surface area contributed by atoms with Gasteiger partial charge in [-0.05, 0) is 38.8 Å². The largest absolute Gasteiger partial charge is 0.497 e. The molecule has 5 rings (SSSR count). The number of nitrogens with zero attached hydrogens (tertiary/aromatic N) is 2. The van der Waals surface area contributed by atoms with Crippen LogP contribution >= 0.6 is 0 Å². The highest BCUT2D eigenvalue weighted by Gasteiger charge is 2.65. The summed E-state index contributed by atoms with van der Waals surface area (Å²) in [5.41, 5.74) is 0.317. The van der Waals surface area contributed by atoms with Gasteiger partial charge in [0, 0.05) is 34.8 Å². The van der Waals surface area contributed by atoms with Gasteiger partial charge in [0.2, 0.25) is 5.91 Å². The Balaban J connectivity index is 1.80. The van der Waals surface area contributed by atoms with E-state index in [0.717, 1.165) is 5.57 Å². The second-order valence-corrected chi connectivity index (χ2v) is 8.55. The minimum Gasteiger partial charge on any atom is -0.497 e. The van der Waals surface area contributed by atoms with Crippen LogP contribution in [0.5, 0.6) is 5.75 Å². The lowest BCUT2D eigenvalue weighted by atomic mass is 9.82. The van der Waals surface area contributed by atoms with Crippen molar-refractivity contribution in [3.63, 3.8) is 0 Å². The highest BCUT2D eigenvalue weighted by Crippen LogP contribution is 2.51. The predicted molar refractivity (Wildman–Crippen MR) is 109 cm³/mol. The summed E-state index contributed by atoms with van der Waals surface area (Å²) in [5.74, 6) is -0.311. The molecule has 3 aliphatic rings. The Kier molecular flexibility index (Phi) is 4.04. The summed E-state index contributed by atoms with van der Waals surface area (Å²) in [6.07, 6.45) is 1.53. The number of fused-ring (bicyclic) bond motifs is 5. The Morgan fingerprint density at radius 2 is 2.10 bits per heavy atom. The van der Waals surface area contributed by atoms with E-state index in [9.17, 15) is 19.8 Å². The molecule has 1 aromatic heterocycles. The number of ether oxygens (including phenoxy) is 1. The Morgan fingerprint density at radius 1 is 1.33 bits per heavy atom. The predicted octanol–water partition coefficient (Wildman–Crippen LogP) is 1.75. The molecule has 0 aliphatic carbocycles. The topological polar surface area (TPSA) is 106 Å². The van der Waals surface area contributed by atoms with E-state index in [1.807, 2.05) is 19.9 Å². The molecule has 8 nitrogen and oxygen atoms in total. The second-order valence-electron chi connectivity index (χ2n) is 8.55. The van der Waals surface area contributed by atoms with Crippen LogP contribution in [-0.4, -0.2) is 62.2 Å². The first-order valence-corrected chi connectivity index (χ1v) is 10.2. The van der Waals surface area contributed by atoms with E-state index < -0.39 is 29.8 Å². The Morgan fingerprint density at radius 3 is 2.80 bits per heavy atom. The van der Waals surface area contributed by atoms with E-state index in [0.29, 0.717) is 47.3 Å². The quantitative estimate of drug-likeness (QED) is 0.653. The number of aliphatic hydroxyl groups excluding tert-OH is 1. The maximum Gasteiger partial charge on any atom is 0.279 e. The maximum atomic E-state index is 13.5. The number of rotatable bonds is 2. The standard InChI is InChI=1S/C22H25N3O5/c1-11(2)9-16-18-17(13-7-6-12(30-3)10-14(13)23-18)19(26)22(29)21(28)24-8-4-5-15(24)20(27)25(16)22/h6-7,9-10,15-16,19,23,26,29H,4-5,8H2,1-3H3/t15?,16-,19-,22+/m0/s1. The molecule has 2 fully saturated rings. The van der Waals surface area contributed by atoms with Gasteiger partial charge in [-0.15, -0.1) is 0 Å². The van der Waals surface area contributed by atoms with Crippen molar-refractivity contribution in [2.24, 2.45) is 0 Å². The summed E-state index contributed by atoms with van der Waals surface area (Å²) < 4.78 is 5.30. The minimum absolute atomic E-state index is 0.335. The molecule has 2 saturated heterocycles. The van der Waals surface area contributed by atoms with Gasteiger partial charge in [0.15, 0.2) is 0 Å². The van der Waals surface area contributed by atoms with Crippen LogP contribution in [0, 0.1) is 0 Å². The summed E-state index contributed by atoms with van der Waals surface area (Å²) in [6, 6.07) is 4.06. The van der Waals surface area contributed by atoms with Gasteiger partial charge in [0.25, 0.3) is 11.6 Å². The molecule has 30 heavy (non-hydrogen) atoms. The third-order valence-electron chi connectivity index (χ3n) is 6.51. The molecule has 0 saturated carbocycles. The molecule has 2 aromatic rings. The summed E-state index contributed by atoms with van der Waals surface area (Å²) in [6.45, 7) is 4.20. The van der Waals surface area contributed by atoms with E-state index in [-0.39, 0.29) is 5.91 Å². The normalized spacial score (nSPS) is 30.2. The number of hydrogen-bond acceptors (Lipinski definition) is 5. The van der Waals surface area contributed by atoms with E-state index in [2.05, 4.69) is 4.98 Å². The molecular formula is C22H25N3O5. The number of aromatic nitrogens is 1. The first-order valence-electron chi connectivity index (χ1n) is 10.2. The zero-order valence-electron chi connectivity index (χ0n) is 17.2. The molecule has 158 valence electrons. The van der Waals surface area contributed by atoms with Gasteiger partial charge in [0.1, 0.15) is 17.9 Å². The third kappa shape index (κ3) is 2.29. The lowest BCUT2D eigenvalue weighted by Crippen LogP contribution is -2.74. The Labute approximate surface area is 173 Å². The van der Waals surface area contributed by atoms with Gasteiger partial charge >= 0.3 is 0 Å². The van der Waals surface area contributed by atoms with Gasteiger partial charge in [-0.3, -0.25) is 14.5 Å². The fraction of sp³-hybridized carbons (Fsp3) is 0.455. The van der Waals surface area contributed by atoms with Crippen molar-refractivity contribution in [1.29, 1.82) is 0 Å². The van der Waals surface area contributed by atoms with Crippen LogP contribution < -0.4 is 4.74 Å². The molecule has 1 unspecified atom stereocenters. The summed E-state index contributed by atoms with van der Waals surface area (Å²) in [7, 11) is 1.57. The van der Waals surface area contributed by atoms with Gasteiger partial charge in [0.05, 0.1) is 13.2 Å². The highest BCUT2D eigenvalue weighted by atomic mass is 16.5. The fourth-order valence-corrected chi connectivity index (χ4v) is 5.19. The molecule has 8 heteroatoms. The van der Waals surface area contributed by atoms with Gasteiger partial charge in [-0.1, -0.05) is 11.6 Å². The molecular weight excluding hydrogens is 386 g/mol. The van der Waals surface area contributed by atoms with Crippen LogP contribution in [0.1, 0.15) is 50.1 Å². The SMILES string of the molecule is COc1ccc2c3c([nH]c2c1)[C@H](C=C(C)C)N1C(=O)C2CCCN2C(=O)[C@]1(O)[C@H]3O. The number of aromatic amines is 1. The highest BCUT2D eigenvalue weighted by molar-refractivity contribution is 6.01. The van der Waals surface area contributed by atoms with Crippen molar-refractivity contribution in [1.82, 2.24) is 14.8 Å². The van der Waals surface area contributed by atoms with Crippen molar-refractivity contribution >= 4 is 22.7 Å². The zero-order chi connectivity index (χ0) is 21.4. The average molecular weight is 411 g/mol. The molecule has 4 atom stereocenters. The van der Waals surface area contributed by atoms with Crippen molar-refractivity contribution < 1.29 is 24.5 Å². The van der Waals surface area contributed by atoms with Crippen LogP contribution in [0.2, 0.25) is 0 Å². The second kappa shape index (κ2) is 6.33. The number of aliphatic hydroxyl groups is 2.